The molecule has 0 aliphatic rings. The topological polar surface area (TPSA) is 103 Å². The van der Waals surface area contributed by atoms with E-state index in [4.69, 9.17) is 4.52 Å². The third-order valence-electron chi connectivity index (χ3n) is 2.37. The number of carbonyl (C=O) groups is 2. The van der Waals surface area contributed by atoms with Crippen LogP contribution in [0.4, 0.5) is 5.88 Å². The molecule has 2 aromatic rings. The van der Waals surface area contributed by atoms with Gasteiger partial charge in [0.25, 0.3) is 0 Å². The Morgan fingerprint density at radius 3 is 2.95 bits per heavy atom. The molecule has 0 fully saturated rings. The van der Waals surface area contributed by atoms with Crippen LogP contribution in [0.25, 0.3) is 0 Å². The van der Waals surface area contributed by atoms with Gasteiger partial charge in [0.05, 0.1) is 11.9 Å². The van der Waals surface area contributed by atoms with E-state index in [1.54, 1.807) is 6.07 Å². The summed E-state index contributed by atoms with van der Waals surface area (Å²) in [5.74, 6) is 0.165. The molecular formula is C11H13N5O3. The summed E-state index contributed by atoms with van der Waals surface area (Å²) in [6, 6.07) is 1.67. The molecule has 0 radical (unpaired) electrons. The summed E-state index contributed by atoms with van der Waals surface area (Å²) in [6.45, 7) is 3.89. The summed E-state index contributed by atoms with van der Waals surface area (Å²) < 4.78 is 6.24. The van der Waals surface area contributed by atoms with Crippen LogP contribution in [0.2, 0.25) is 0 Å². The Kier molecular flexibility index (Phi) is 3.69. The van der Waals surface area contributed by atoms with Crippen molar-refractivity contribution in [2.45, 2.75) is 26.3 Å². The van der Waals surface area contributed by atoms with Crippen LogP contribution in [0.5, 0.6) is 0 Å². The highest BCUT2D eigenvalue weighted by Crippen LogP contribution is 2.17. The van der Waals surface area contributed by atoms with Gasteiger partial charge in [-0.15, -0.1) is 5.10 Å². The number of nitrogens with zero attached hydrogens (tertiary/aromatic N) is 4. The summed E-state index contributed by atoms with van der Waals surface area (Å²) in [7, 11) is 0. The molecule has 1 N–H and O–H groups in total. The molecule has 0 unspecified atom stereocenters. The summed E-state index contributed by atoms with van der Waals surface area (Å²) in [4.78, 5) is 22.1. The Morgan fingerprint density at radius 2 is 2.37 bits per heavy atom. The average molecular weight is 263 g/mol. The molecule has 19 heavy (non-hydrogen) atoms. The van der Waals surface area contributed by atoms with E-state index >= 15 is 0 Å². The first-order valence-corrected chi connectivity index (χ1v) is 5.70. The minimum absolute atomic E-state index is 0.0570. The number of anilines is 1. The molecule has 2 heterocycles. The van der Waals surface area contributed by atoms with Gasteiger partial charge in [-0.25, -0.2) is 4.68 Å². The van der Waals surface area contributed by atoms with Crippen molar-refractivity contribution in [3.63, 3.8) is 0 Å². The molecule has 0 saturated carbocycles. The average Bonchev–Trinajstić information content (AvgIpc) is 2.98. The first-order chi connectivity index (χ1) is 9.08. The van der Waals surface area contributed by atoms with E-state index < -0.39 is 0 Å². The second kappa shape index (κ2) is 5.42. The first kappa shape index (κ1) is 12.9. The van der Waals surface area contributed by atoms with E-state index in [2.05, 4.69) is 20.8 Å². The number of hydrogen-bond acceptors (Lipinski definition) is 6. The predicted molar refractivity (Wildman–Crippen MR) is 64.6 cm³/mol. The fourth-order valence-corrected chi connectivity index (χ4v) is 1.39. The van der Waals surface area contributed by atoms with Gasteiger partial charge in [0.15, 0.2) is 6.29 Å². The van der Waals surface area contributed by atoms with Crippen LogP contribution in [-0.4, -0.2) is 32.3 Å². The van der Waals surface area contributed by atoms with Crippen LogP contribution in [-0.2, 0) is 11.3 Å². The fourth-order valence-electron chi connectivity index (χ4n) is 1.39. The van der Waals surface area contributed by atoms with E-state index in [1.165, 1.54) is 10.9 Å². The minimum atomic E-state index is -0.339. The van der Waals surface area contributed by atoms with Crippen LogP contribution in [0.1, 0.15) is 35.9 Å². The zero-order chi connectivity index (χ0) is 13.8. The number of rotatable bonds is 5. The van der Waals surface area contributed by atoms with Crippen molar-refractivity contribution < 1.29 is 14.1 Å². The van der Waals surface area contributed by atoms with Gasteiger partial charge in [-0.05, 0) is 5.92 Å². The molecule has 0 aromatic carbocycles. The molecule has 1 amide bonds. The van der Waals surface area contributed by atoms with Gasteiger partial charge in [0.1, 0.15) is 12.2 Å². The molecule has 8 nitrogen and oxygen atoms in total. The van der Waals surface area contributed by atoms with E-state index in [0.29, 0.717) is 6.29 Å². The van der Waals surface area contributed by atoms with Crippen molar-refractivity contribution in [1.29, 1.82) is 0 Å². The maximum absolute atomic E-state index is 11.7. The monoisotopic (exact) mass is 263 g/mol. The summed E-state index contributed by atoms with van der Waals surface area (Å²) in [5, 5.41) is 13.6. The summed E-state index contributed by atoms with van der Waals surface area (Å²) in [5.41, 5.74) is 0.939. The highest BCUT2D eigenvalue weighted by Gasteiger charge is 2.11. The third kappa shape index (κ3) is 3.24. The van der Waals surface area contributed by atoms with Gasteiger partial charge >= 0.3 is 0 Å². The maximum Gasteiger partial charge on any atom is 0.248 e. The Morgan fingerprint density at radius 1 is 1.58 bits per heavy atom. The highest BCUT2D eigenvalue weighted by atomic mass is 16.5. The van der Waals surface area contributed by atoms with Crippen molar-refractivity contribution >= 4 is 18.1 Å². The normalized spacial score (nSPS) is 10.7. The molecule has 100 valence electrons. The number of nitrogens with one attached hydrogen (secondary N) is 1. The van der Waals surface area contributed by atoms with Crippen molar-refractivity contribution in [1.82, 2.24) is 20.2 Å². The highest BCUT2D eigenvalue weighted by molar-refractivity contribution is 5.89. The zero-order valence-electron chi connectivity index (χ0n) is 10.5. The maximum atomic E-state index is 11.7. The molecule has 2 rings (SSSR count). The SMILES string of the molecule is CC(C)c1cc(NC(=O)Cn2cc(C=O)nn2)on1. The van der Waals surface area contributed by atoms with E-state index in [9.17, 15) is 9.59 Å². The lowest BCUT2D eigenvalue weighted by atomic mass is 10.1. The molecule has 0 aliphatic heterocycles. The van der Waals surface area contributed by atoms with Gasteiger partial charge < -0.3 is 4.52 Å². The Bertz CT molecular complexity index is 587. The molecule has 0 aliphatic carbocycles. The number of amides is 1. The standard InChI is InChI=1S/C11H13N5O3/c1-7(2)9-3-11(19-14-9)12-10(18)5-16-4-8(6-17)13-15-16/h3-4,6-7H,5H2,1-2H3,(H,12,18). The van der Waals surface area contributed by atoms with E-state index in [1.807, 2.05) is 13.8 Å². The third-order valence-corrected chi connectivity index (χ3v) is 2.37. The lowest BCUT2D eigenvalue weighted by molar-refractivity contribution is -0.117. The number of aldehydes is 1. The first-order valence-electron chi connectivity index (χ1n) is 5.70. The van der Waals surface area contributed by atoms with Crippen molar-refractivity contribution in [2.75, 3.05) is 5.32 Å². The number of carbonyl (C=O) groups excluding carboxylic acids is 2. The van der Waals surface area contributed by atoms with Gasteiger partial charge in [-0.1, -0.05) is 24.2 Å². The predicted octanol–water partition coefficient (Wildman–Crippen LogP) is 0.841. The van der Waals surface area contributed by atoms with Crippen LogP contribution in [0.15, 0.2) is 16.8 Å². The van der Waals surface area contributed by atoms with E-state index in [0.717, 1.165) is 5.69 Å². The lowest BCUT2D eigenvalue weighted by Gasteiger charge is -1.99. The molecule has 0 bridgehead atoms. The second-order valence-corrected chi connectivity index (χ2v) is 4.28. The minimum Gasteiger partial charge on any atom is -0.338 e. The van der Waals surface area contributed by atoms with Crippen molar-refractivity contribution in [3.05, 3.63) is 23.7 Å². The molecule has 8 heteroatoms. The summed E-state index contributed by atoms with van der Waals surface area (Å²) >= 11 is 0. The lowest BCUT2D eigenvalue weighted by Crippen LogP contribution is -2.18. The second-order valence-electron chi connectivity index (χ2n) is 4.28. The molecular weight excluding hydrogens is 250 g/mol. The van der Waals surface area contributed by atoms with Crippen LogP contribution < -0.4 is 5.32 Å². The fraction of sp³-hybridized carbons (Fsp3) is 0.364. The molecule has 0 atom stereocenters. The van der Waals surface area contributed by atoms with Gasteiger partial charge in [-0.3, -0.25) is 14.9 Å². The number of aromatic nitrogens is 4. The Labute approximate surface area is 108 Å². The number of hydrogen-bond donors (Lipinski definition) is 1. The van der Waals surface area contributed by atoms with Gasteiger partial charge in [0, 0.05) is 6.07 Å². The van der Waals surface area contributed by atoms with Gasteiger partial charge in [0.2, 0.25) is 11.8 Å². The van der Waals surface area contributed by atoms with Crippen molar-refractivity contribution in [2.24, 2.45) is 0 Å². The smallest absolute Gasteiger partial charge is 0.248 e. The Hall–Kier alpha value is -2.51. The molecule has 0 saturated heterocycles. The molecule has 0 spiro atoms. The van der Waals surface area contributed by atoms with Gasteiger partial charge in [-0.2, -0.15) is 0 Å². The van der Waals surface area contributed by atoms with Crippen molar-refractivity contribution in [3.8, 4) is 0 Å². The van der Waals surface area contributed by atoms with Crippen LogP contribution >= 0.6 is 0 Å². The van der Waals surface area contributed by atoms with Crippen LogP contribution in [0.3, 0.4) is 0 Å². The van der Waals surface area contributed by atoms with Crippen LogP contribution in [0, 0.1) is 0 Å². The quantitative estimate of drug-likeness (QED) is 0.802. The largest absolute Gasteiger partial charge is 0.338 e. The Balaban J connectivity index is 1.94. The zero-order valence-corrected chi connectivity index (χ0v) is 10.5. The van der Waals surface area contributed by atoms with E-state index in [-0.39, 0.29) is 29.9 Å². The molecule has 2 aromatic heterocycles. The summed E-state index contributed by atoms with van der Waals surface area (Å²) in [6.07, 6.45) is 1.94.